The summed E-state index contributed by atoms with van der Waals surface area (Å²) >= 11 is 0. The van der Waals surface area contributed by atoms with Gasteiger partial charge in [-0.05, 0) is 19.4 Å². The second-order valence-electron chi connectivity index (χ2n) is 2.77. The number of carbonyl (C=O) groups is 1. The highest BCUT2D eigenvalue weighted by Crippen LogP contribution is 2.00. The SMILES string of the molecule is CNC(=O)N[C@@H]1CCCNC1. The van der Waals surface area contributed by atoms with Crippen molar-refractivity contribution in [3.05, 3.63) is 0 Å². The van der Waals surface area contributed by atoms with Crippen molar-refractivity contribution >= 4 is 6.03 Å². The van der Waals surface area contributed by atoms with Crippen LogP contribution in [0.25, 0.3) is 0 Å². The summed E-state index contributed by atoms with van der Waals surface area (Å²) in [6, 6.07) is 0.224. The van der Waals surface area contributed by atoms with Gasteiger partial charge in [0.05, 0.1) is 0 Å². The molecule has 1 fully saturated rings. The van der Waals surface area contributed by atoms with Crippen LogP contribution in [0.4, 0.5) is 4.79 Å². The van der Waals surface area contributed by atoms with Crippen molar-refractivity contribution in [3.8, 4) is 0 Å². The lowest BCUT2D eigenvalue weighted by Gasteiger charge is -2.23. The van der Waals surface area contributed by atoms with Gasteiger partial charge >= 0.3 is 6.03 Å². The topological polar surface area (TPSA) is 53.2 Å². The molecule has 1 saturated heterocycles. The van der Waals surface area contributed by atoms with Crippen LogP contribution in [0.2, 0.25) is 0 Å². The third kappa shape index (κ3) is 2.76. The Morgan fingerprint density at radius 2 is 2.45 bits per heavy atom. The molecular formula is C7H15N3O. The van der Waals surface area contributed by atoms with Gasteiger partial charge in [-0.2, -0.15) is 0 Å². The van der Waals surface area contributed by atoms with Crippen LogP contribution in [0.1, 0.15) is 12.8 Å². The molecule has 1 atom stereocenters. The highest BCUT2D eigenvalue weighted by atomic mass is 16.2. The van der Waals surface area contributed by atoms with Gasteiger partial charge in [-0.1, -0.05) is 0 Å². The standard InChI is InChI=1S/C7H15N3O/c1-8-7(11)10-6-3-2-4-9-5-6/h6,9H,2-5H2,1H3,(H2,8,10,11)/t6-/m1/s1. The monoisotopic (exact) mass is 157 g/mol. The first-order chi connectivity index (χ1) is 5.33. The van der Waals surface area contributed by atoms with Gasteiger partial charge in [0.25, 0.3) is 0 Å². The van der Waals surface area contributed by atoms with Crippen LogP contribution in [0, 0.1) is 0 Å². The fourth-order valence-corrected chi connectivity index (χ4v) is 1.23. The van der Waals surface area contributed by atoms with E-state index in [1.807, 2.05) is 0 Å². The van der Waals surface area contributed by atoms with E-state index in [2.05, 4.69) is 16.0 Å². The maximum Gasteiger partial charge on any atom is 0.314 e. The number of carbonyl (C=O) groups excluding carboxylic acids is 1. The molecule has 3 N–H and O–H groups in total. The predicted octanol–water partition coefficient (Wildman–Crippen LogP) is -0.333. The van der Waals surface area contributed by atoms with E-state index in [1.54, 1.807) is 7.05 Å². The quantitative estimate of drug-likeness (QED) is 0.488. The second-order valence-corrected chi connectivity index (χ2v) is 2.77. The molecule has 0 aromatic rings. The van der Waals surface area contributed by atoms with Crippen molar-refractivity contribution in [1.82, 2.24) is 16.0 Å². The van der Waals surface area contributed by atoms with E-state index < -0.39 is 0 Å². The molecule has 4 heteroatoms. The van der Waals surface area contributed by atoms with E-state index in [4.69, 9.17) is 0 Å². The predicted molar refractivity (Wildman–Crippen MR) is 43.5 cm³/mol. The number of piperidine rings is 1. The molecule has 0 aromatic carbocycles. The van der Waals surface area contributed by atoms with Crippen molar-refractivity contribution in [2.24, 2.45) is 0 Å². The Balaban J connectivity index is 2.19. The zero-order chi connectivity index (χ0) is 8.10. The van der Waals surface area contributed by atoms with Gasteiger partial charge in [0.1, 0.15) is 0 Å². The normalized spacial score (nSPS) is 24.3. The first kappa shape index (κ1) is 8.33. The van der Waals surface area contributed by atoms with Crippen molar-refractivity contribution in [1.29, 1.82) is 0 Å². The average molecular weight is 157 g/mol. The number of nitrogens with one attached hydrogen (secondary N) is 3. The first-order valence-electron chi connectivity index (χ1n) is 4.02. The molecule has 0 bridgehead atoms. The summed E-state index contributed by atoms with van der Waals surface area (Å²) in [6.45, 7) is 1.97. The van der Waals surface area contributed by atoms with Crippen LogP contribution in [0.3, 0.4) is 0 Å². The fourth-order valence-electron chi connectivity index (χ4n) is 1.23. The second kappa shape index (κ2) is 4.18. The lowest BCUT2D eigenvalue weighted by Crippen LogP contribution is -2.48. The molecular weight excluding hydrogens is 142 g/mol. The smallest absolute Gasteiger partial charge is 0.314 e. The summed E-state index contributed by atoms with van der Waals surface area (Å²) in [5.41, 5.74) is 0. The van der Waals surface area contributed by atoms with Crippen molar-refractivity contribution < 1.29 is 4.79 Å². The minimum Gasteiger partial charge on any atom is -0.341 e. The van der Waals surface area contributed by atoms with Crippen molar-refractivity contribution in [3.63, 3.8) is 0 Å². The summed E-state index contributed by atoms with van der Waals surface area (Å²) in [6.07, 6.45) is 2.23. The molecule has 0 spiro atoms. The van der Waals surface area contributed by atoms with Crippen molar-refractivity contribution in [2.45, 2.75) is 18.9 Å². The molecule has 0 radical (unpaired) electrons. The number of rotatable bonds is 1. The van der Waals surface area contributed by atoms with E-state index in [0.717, 1.165) is 25.9 Å². The van der Waals surface area contributed by atoms with Crippen molar-refractivity contribution in [2.75, 3.05) is 20.1 Å². The van der Waals surface area contributed by atoms with Gasteiger partial charge in [-0.15, -0.1) is 0 Å². The summed E-state index contributed by atoms with van der Waals surface area (Å²) in [5.74, 6) is 0. The highest BCUT2D eigenvalue weighted by Gasteiger charge is 2.13. The van der Waals surface area contributed by atoms with Crippen LogP contribution >= 0.6 is 0 Å². The number of urea groups is 1. The molecule has 2 amide bonds. The van der Waals surface area contributed by atoms with E-state index >= 15 is 0 Å². The molecule has 1 rings (SSSR count). The van der Waals surface area contributed by atoms with Gasteiger partial charge in [0, 0.05) is 19.6 Å². The largest absolute Gasteiger partial charge is 0.341 e. The molecule has 1 aliphatic heterocycles. The molecule has 1 heterocycles. The molecule has 4 nitrogen and oxygen atoms in total. The Morgan fingerprint density at radius 1 is 1.64 bits per heavy atom. The summed E-state index contributed by atoms with van der Waals surface area (Å²) in [7, 11) is 1.63. The van der Waals surface area contributed by atoms with Gasteiger partial charge < -0.3 is 16.0 Å². The Bertz CT molecular complexity index is 132. The zero-order valence-electron chi connectivity index (χ0n) is 6.81. The van der Waals surface area contributed by atoms with Crippen LogP contribution in [-0.2, 0) is 0 Å². The Kier molecular flexibility index (Phi) is 3.16. The Hall–Kier alpha value is -0.770. The van der Waals surface area contributed by atoms with Crippen LogP contribution in [0.5, 0.6) is 0 Å². The van der Waals surface area contributed by atoms with Gasteiger partial charge in [-0.3, -0.25) is 0 Å². The Labute approximate surface area is 66.7 Å². The molecule has 0 saturated carbocycles. The lowest BCUT2D eigenvalue weighted by atomic mass is 10.1. The molecule has 1 aliphatic rings. The van der Waals surface area contributed by atoms with Crippen LogP contribution in [0.15, 0.2) is 0 Å². The van der Waals surface area contributed by atoms with E-state index in [1.165, 1.54) is 0 Å². The number of amides is 2. The van der Waals surface area contributed by atoms with Gasteiger partial charge in [0.15, 0.2) is 0 Å². The Morgan fingerprint density at radius 3 is 3.00 bits per heavy atom. The summed E-state index contributed by atoms with van der Waals surface area (Å²) in [5, 5.41) is 8.61. The fraction of sp³-hybridized carbons (Fsp3) is 0.857. The van der Waals surface area contributed by atoms with E-state index in [-0.39, 0.29) is 6.03 Å². The first-order valence-corrected chi connectivity index (χ1v) is 4.02. The third-order valence-electron chi connectivity index (χ3n) is 1.86. The minimum absolute atomic E-state index is 0.0845. The molecule has 64 valence electrons. The zero-order valence-corrected chi connectivity index (χ0v) is 6.81. The van der Waals surface area contributed by atoms with Crippen LogP contribution in [-0.4, -0.2) is 32.2 Å². The average Bonchev–Trinajstić information content (AvgIpc) is 2.06. The molecule has 0 aliphatic carbocycles. The van der Waals surface area contributed by atoms with Gasteiger partial charge in [-0.25, -0.2) is 4.79 Å². The maximum absolute atomic E-state index is 10.8. The van der Waals surface area contributed by atoms with Crippen LogP contribution < -0.4 is 16.0 Å². The minimum atomic E-state index is -0.0845. The highest BCUT2D eigenvalue weighted by molar-refractivity contribution is 5.73. The molecule has 0 aromatic heterocycles. The lowest BCUT2D eigenvalue weighted by molar-refractivity contribution is 0.236. The summed E-state index contributed by atoms with van der Waals surface area (Å²) in [4.78, 5) is 10.8. The van der Waals surface area contributed by atoms with Gasteiger partial charge in [0.2, 0.25) is 0 Å². The molecule has 0 unspecified atom stereocenters. The maximum atomic E-state index is 10.8. The molecule has 11 heavy (non-hydrogen) atoms. The number of hydrogen-bond donors (Lipinski definition) is 3. The summed E-state index contributed by atoms with van der Waals surface area (Å²) < 4.78 is 0. The van der Waals surface area contributed by atoms with E-state index in [9.17, 15) is 4.79 Å². The third-order valence-corrected chi connectivity index (χ3v) is 1.86. The van der Waals surface area contributed by atoms with E-state index in [0.29, 0.717) is 6.04 Å². The number of hydrogen-bond acceptors (Lipinski definition) is 2.